The summed E-state index contributed by atoms with van der Waals surface area (Å²) in [5, 5.41) is 0.490. The molecule has 0 aliphatic carbocycles. The second-order valence-electron chi connectivity index (χ2n) is 3.88. The monoisotopic (exact) mass is 143 g/mol. The molecule has 0 aromatic heterocycles. The van der Waals surface area contributed by atoms with Crippen LogP contribution in [0, 0.1) is 0 Å². The van der Waals surface area contributed by atoms with E-state index in [2.05, 4.69) is 43.6 Å². The smallest absolute Gasteiger partial charge is 0.0374 e. The van der Waals surface area contributed by atoms with Gasteiger partial charge < -0.3 is 0 Å². The Hall–Kier alpha value is 0.434. The minimum atomic E-state index is -1.05. The summed E-state index contributed by atoms with van der Waals surface area (Å²) in [6.45, 7) is 11.5. The first-order valence-electron chi connectivity index (χ1n) is 3.00. The van der Waals surface area contributed by atoms with Crippen LogP contribution in [-0.2, 0) is 0 Å². The Morgan fingerprint density at radius 1 is 1.12 bits per heavy atom. The van der Waals surface area contributed by atoms with Gasteiger partial charge in [0.05, 0.1) is 0 Å². The molecule has 0 aromatic carbocycles. The van der Waals surface area contributed by atoms with E-state index in [9.17, 15) is 0 Å². The summed E-state index contributed by atoms with van der Waals surface area (Å²) in [5.74, 6) is 0. The molecule has 0 atom stereocenters. The Kier molecular flexibility index (Phi) is 2.10. The Labute approximate surface area is 56.9 Å². The molecule has 0 saturated heterocycles. The lowest BCUT2D eigenvalue weighted by Gasteiger charge is -2.32. The van der Waals surface area contributed by atoms with E-state index in [1.807, 2.05) is 0 Å². The molecule has 0 N–H and O–H groups in total. The third-order valence-electron chi connectivity index (χ3n) is 1.88. The summed E-state index contributed by atoms with van der Waals surface area (Å²) in [6.07, 6.45) is 0. The van der Waals surface area contributed by atoms with E-state index < -0.39 is 7.59 Å². The predicted molar refractivity (Wildman–Crippen MR) is 43.0 cm³/mol. The fourth-order valence-corrected chi connectivity index (χ4v) is 0. The van der Waals surface area contributed by atoms with E-state index in [4.69, 9.17) is 0 Å². The first-order valence-corrected chi connectivity index (χ1v) is 7.50. The van der Waals surface area contributed by atoms with Crippen molar-refractivity contribution >= 4 is 17.4 Å². The predicted octanol–water partition coefficient (Wildman–Crippen LogP) is 2.16. The van der Waals surface area contributed by atoms with Gasteiger partial charge in [0.25, 0.3) is 0 Å². The van der Waals surface area contributed by atoms with Crippen LogP contribution in [0.15, 0.2) is 0 Å². The van der Waals surface area contributed by atoms with Crippen molar-refractivity contribution in [2.24, 2.45) is 0 Å². The summed E-state index contributed by atoms with van der Waals surface area (Å²) in [4.78, 5) is 0. The van der Waals surface area contributed by atoms with Crippen LogP contribution in [0.4, 0.5) is 0 Å². The molecule has 0 amide bonds. The molecule has 0 saturated carbocycles. The molecule has 0 aliphatic rings. The Morgan fingerprint density at radius 2 is 1.25 bits per heavy atom. The van der Waals surface area contributed by atoms with Crippen molar-refractivity contribution in [3.63, 3.8) is 0 Å². The highest BCUT2D eigenvalue weighted by atomic mass is 29.2. The van der Waals surface area contributed by atoms with Crippen molar-refractivity contribution in [3.05, 3.63) is 0 Å². The van der Waals surface area contributed by atoms with Gasteiger partial charge >= 0.3 is 0 Å². The van der Waals surface area contributed by atoms with Crippen molar-refractivity contribution in [1.29, 1.82) is 0 Å². The van der Waals surface area contributed by atoms with Gasteiger partial charge in [0.15, 0.2) is 0 Å². The molecule has 0 spiro atoms. The molecule has 0 aromatic rings. The topological polar surface area (TPSA) is 0 Å². The third-order valence-corrected chi connectivity index (χ3v) is 7.88. The fraction of sp³-hybridized carbons (Fsp3) is 1.00. The first kappa shape index (κ1) is 8.43. The summed E-state index contributed by atoms with van der Waals surface area (Å²) in [5.41, 5.74) is 0. The summed E-state index contributed by atoms with van der Waals surface area (Å²) >= 11 is 0. The van der Waals surface area contributed by atoms with Gasteiger partial charge in [0, 0.05) is 17.4 Å². The number of rotatable bonds is 0. The Balaban J connectivity index is 4.02. The molecule has 0 rings (SSSR count). The van der Waals surface area contributed by atoms with E-state index in [1.165, 1.54) is 0 Å². The maximum Gasteiger partial charge on any atom is 0.0374 e. The molecular formula is C6H15Si2. The van der Waals surface area contributed by atoms with E-state index in [0.717, 1.165) is 0 Å². The third kappa shape index (κ3) is 2.13. The molecule has 0 aliphatic heterocycles. The van der Waals surface area contributed by atoms with Crippen LogP contribution in [0.1, 0.15) is 20.8 Å². The lowest BCUT2D eigenvalue weighted by atomic mass is 10.2. The average molecular weight is 143 g/mol. The molecule has 47 valence electrons. The van der Waals surface area contributed by atoms with Crippen LogP contribution in [0.2, 0.25) is 18.1 Å². The lowest BCUT2D eigenvalue weighted by Crippen LogP contribution is -2.37. The molecule has 0 heterocycles. The van der Waals surface area contributed by atoms with Crippen molar-refractivity contribution in [2.45, 2.75) is 38.9 Å². The lowest BCUT2D eigenvalue weighted by molar-refractivity contribution is 0.735. The summed E-state index contributed by atoms with van der Waals surface area (Å²) in [6, 6.07) is 0. The number of hydrogen-bond donors (Lipinski definition) is 0. The van der Waals surface area contributed by atoms with Crippen molar-refractivity contribution < 1.29 is 0 Å². The standard InChI is InChI=1S/C6H15Si2/c1-6(2,3)8(4,5)7/h1-5H3. The SMILES string of the molecule is CC(C)(C)[Si](C)(C)[Si]. The van der Waals surface area contributed by atoms with Gasteiger partial charge in [0.1, 0.15) is 0 Å². The van der Waals surface area contributed by atoms with Gasteiger partial charge in [-0.3, -0.25) is 0 Å². The minimum Gasteiger partial charge on any atom is -0.0715 e. The second kappa shape index (κ2) is 1.99. The quantitative estimate of drug-likeness (QED) is 0.456. The van der Waals surface area contributed by atoms with Gasteiger partial charge in [-0.25, -0.2) is 0 Å². The zero-order chi connectivity index (χ0) is 7.00. The second-order valence-corrected chi connectivity index (χ2v) is 12.4. The molecule has 2 heteroatoms. The highest BCUT2D eigenvalue weighted by molar-refractivity contribution is 7.17. The highest BCUT2D eigenvalue weighted by Gasteiger charge is 2.29. The van der Waals surface area contributed by atoms with Crippen LogP contribution in [0.5, 0.6) is 0 Å². The van der Waals surface area contributed by atoms with Crippen LogP contribution in [0.3, 0.4) is 0 Å². The van der Waals surface area contributed by atoms with E-state index in [-0.39, 0.29) is 0 Å². The van der Waals surface area contributed by atoms with Crippen molar-refractivity contribution in [3.8, 4) is 0 Å². The minimum absolute atomic E-state index is 0.490. The number of hydrogen-bond acceptors (Lipinski definition) is 0. The van der Waals surface area contributed by atoms with Crippen LogP contribution >= 0.6 is 0 Å². The van der Waals surface area contributed by atoms with E-state index in [0.29, 0.717) is 5.04 Å². The first-order chi connectivity index (χ1) is 3.25. The maximum absolute atomic E-state index is 3.79. The van der Waals surface area contributed by atoms with Gasteiger partial charge in [-0.2, -0.15) is 0 Å². The Morgan fingerprint density at radius 3 is 1.25 bits per heavy atom. The summed E-state index contributed by atoms with van der Waals surface area (Å²) in [7, 11) is 2.73. The van der Waals surface area contributed by atoms with Gasteiger partial charge in [-0.1, -0.05) is 33.9 Å². The summed E-state index contributed by atoms with van der Waals surface area (Å²) < 4.78 is 0. The van der Waals surface area contributed by atoms with Crippen molar-refractivity contribution in [1.82, 2.24) is 0 Å². The van der Waals surface area contributed by atoms with Gasteiger partial charge in [-0.05, 0) is 5.04 Å². The average Bonchev–Trinajstić information content (AvgIpc) is 1.25. The molecule has 0 fully saturated rings. The molecular weight excluding hydrogens is 128 g/mol. The molecule has 0 bridgehead atoms. The largest absolute Gasteiger partial charge is 0.0715 e. The van der Waals surface area contributed by atoms with Crippen LogP contribution < -0.4 is 0 Å². The molecule has 0 nitrogen and oxygen atoms in total. The van der Waals surface area contributed by atoms with E-state index in [1.54, 1.807) is 0 Å². The molecule has 3 radical (unpaired) electrons. The highest BCUT2D eigenvalue weighted by Crippen LogP contribution is 2.32. The van der Waals surface area contributed by atoms with Gasteiger partial charge in [-0.15, -0.1) is 0 Å². The molecule has 8 heavy (non-hydrogen) atoms. The molecule has 0 unspecified atom stereocenters. The van der Waals surface area contributed by atoms with Crippen LogP contribution in [-0.4, -0.2) is 17.4 Å². The van der Waals surface area contributed by atoms with E-state index >= 15 is 0 Å². The van der Waals surface area contributed by atoms with Crippen LogP contribution in [0.25, 0.3) is 0 Å². The maximum atomic E-state index is 3.79. The van der Waals surface area contributed by atoms with Crippen molar-refractivity contribution in [2.75, 3.05) is 0 Å². The normalized spacial score (nSPS) is 14.2. The van der Waals surface area contributed by atoms with Gasteiger partial charge in [0.2, 0.25) is 0 Å². The zero-order valence-corrected chi connectivity index (χ0v) is 8.50. The fourth-order valence-electron chi connectivity index (χ4n) is 0. The zero-order valence-electron chi connectivity index (χ0n) is 6.50. The Bertz CT molecular complexity index is 61.5.